The Kier molecular flexibility index (Phi) is 5.64. The van der Waals surface area contributed by atoms with Gasteiger partial charge in [0.2, 0.25) is 5.88 Å². The fourth-order valence-corrected chi connectivity index (χ4v) is 2.81. The maximum Gasteiger partial charge on any atom is 0.213 e. The molecule has 1 aromatic rings. The van der Waals surface area contributed by atoms with E-state index in [2.05, 4.69) is 17.2 Å². The van der Waals surface area contributed by atoms with Gasteiger partial charge in [-0.3, -0.25) is 0 Å². The average Bonchev–Trinajstić information content (AvgIpc) is 2.46. The summed E-state index contributed by atoms with van der Waals surface area (Å²) in [7, 11) is 1.66. The maximum atomic E-state index is 5.13. The van der Waals surface area contributed by atoms with Crippen molar-refractivity contribution in [3.8, 4) is 5.88 Å². The zero-order valence-corrected chi connectivity index (χ0v) is 12.2. The molecule has 0 amide bonds. The smallest absolute Gasteiger partial charge is 0.213 e. The molecule has 1 aliphatic carbocycles. The third kappa shape index (κ3) is 4.83. The summed E-state index contributed by atoms with van der Waals surface area (Å²) in [4.78, 5) is 4.40. The number of hydrogen-bond acceptors (Lipinski definition) is 3. The number of ether oxygens (including phenoxy) is 1. The SMILES string of the molecule is COc1cccc(CNCCC2CCC(C)CC2)n1. The molecule has 0 radical (unpaired) electrons. The van der Waals surface area contributed by atoms with E-state index in [-0.39, 0.29) is 0 Å². The zero-order valence-electron chi connectivity index (χ0n) is 12.2. The van der Waals surface area contributed by atoms with Gasteiger partial charge in [-0.05, 0) is 30.9 Å². The van der Waals surface area contributed by atoms with Gasteiger partial charge < -0.3 is 10.1 Å². The summed E-state index contributed by atoms with van der Waals surface area (Å²) in [6.07, 6.45) is 6.97. The number of hydrogen-bond donors (Lipinski definition) is 1. The lowest BCUT2D eigenvalue weighted by molar-refractivity contribution is 0.275. The Morgan fingerprint density at radius 1 is 1.26 bits per heavy atom. The van der Waals surface area contributed by atoms with Crippen LogP contribution in [0.2, 0.25) is 0 Å². The topological polar surface area (TPSA) is 34.1 Å². The van der Waals surface area contributed by atoms with Crippen molar-refractivity contribution < 1.29 is 4.74 Å². The summed E-state index contributed by atoms with van der Waals surface area (Å²) < 4.78 is 5.13. The van der Waals surface area contributed by atoms with Gasteiger partial charge in [-0.25, -0.2) is 4.98 Å². The Hall–Kier alpha value is -1.09. The molecule has 0 atom stereocenters. The highest BCUT2D eigenvalue weighted by atomic mass is 16.5. The molecule has 1 N–H and O–H groups in total. The van der Waals surface area contributed by atoms with Gasteiger partial charge in [0.25, 0.3) is 0 Å². The van der Waals surface area contributed by atoms with Crippen molar-refractivity contribution in [1.82, 2.24) is 10.3 Å². The summed E-state index contributed by atoms with van der Waals surface area (Å²) in [5.41, 5.74) is 1.05. The van der Waals surface area contributed by atoms with E-state index in [0.29, 0.717) is 5.88 Å². The van der Waals surface area contributed by atoms with Crippen LogP contribution in [0.5, 0.6) is 5.88 Å². The van der Waals surface area contributed by atoms with Crippen LogP contribution in [-0.2, 0) is 6.54 Å². The minimum Gasteiger partial charge on any atom is -0.481 e. The van der Waals surface area contributed by atoms with Crippen molar-refractivity contribution in [3.63, 3.8) is 0 Å². The average molecular weight is 262 g/mol. The van der Waals surface area contributed by atoms with Crippen LogP contribution in [-0.4, -0.2) is 18.6 Å². The first kappa shape index (κ1) is 14.3. The van der Waals surface area contributed by atoms with Crippen molar-refractivity contribution in [2.24, 2.45) is 11.8 Å². The van der Waals surface area contributed by atoms with E-state index >= 15 is 0 Å². The van der Waals surface area contributed by atoms with Crippen molar-refractivity contribution in [2.45, 2.75) is 45.6 Å². The summed E-state index contributed by atoms with van der Waals surface area (Å²) in [6, 6.07) is 5.91. The second-order valence-electron chi connectivity index (χ2n) is 5.76. The third-order valence-corrected chi connectivity index (χ3v) is 4.16. The second kappa shape index (κ2) is 7.49. The summed E-state index contributed by atoms with van der Waals surface area (Å²) >= 11 is 0. The largest absolute Gasteiger partial charge is 0.481 e. The first-order valence-corrected chi connectivity index (χ1v) is 7.48. The second-order valence-corrected chi connectivity index (χ2v) is 5.76. The van der Waals surface area contributed by atoms with Crippen LogP contribution in [0, 0.1) is 11.8 Å². The lowest BCUT2D eigenvalue weighted by Gasteiger charge is -2.26. The molecule has 1 fully saturated rings. The molecule has 106 valence electrons. The number of nitrogens with zero attached hydrogens (tertiary/aromatic N) is 1. The van der Waals surface area contributed by atoms with Crippen molar-refractivity contribution >= 4 is 0 Å². The highest BCUT2D eigenvalue weighted by Gasteiger charge is 2.17. The molecular formula is C16H26N2O. The molecule has 2 rings (SSSR count). The van der Waals surface area contributed by atoms with Gasteiger partial charge in [-0.1, -0.05) is 38.7 Å². The fraction of sp³-hybridized carbons (Fsp3) is 0.688. The van der Waals surface area contributed by atoms with Gasteiger partial charge in [0.15, 0.2) is 0 Å². The van der Waals surface area contributed by atoms with E-state index in [1.165, 1.54) is 32.1 Å². The van der Waals surface area contributed by atoms with Crippen LogP contribution in [0.1, 0.15) is 44.7 Å². The molecule has 1 saturated carbocycles. The van der Waals surface area contributed by atoms with Crippen molar-refractivity contribution in [3.05, 3.63) is 23.9 Å². The minimum atomic E-state index is 0.695. The Morgan fingerprint density at radius 2 is 2.05 bits per heavy atom. The molecule has 1 heterocycles. The lowest BCUT2D eigenvalue weighted by Crippen LogP contribution is -2.21. The number of rotatable bonds is 6. The van der Waals surface area contributed by atoms with Crippen LogP contribution in [0.15, 0.2) is 18.2 Å². The van der Waals surface area contributed by atoms with Crippen LogP contribution < -0.4 is 10.1 Å². The zero-order chi connectivity index (χ0) is 13.5. The molecule has 3 heteroatoms. The Bertz CT molecular complexity index is 373. The number of pyridine rings is 1. The first-order chi connectivity index (χ1) is 9.28. The van der Waals surface area contributed by atoms with Crippen LogP contribution in [0.4, 0.5) is 0 Å². The molecule has 0 spiro atoms. The van der Waals surface area contributed by atoms with E-state index < -0.39 is 0 Å². The minimum absolute atomic E-state index is 0.695. The van der Waals surface area contributed by atoms with E-state index in [1.807, 2.05) is 18.2 Å². The van der Waals surface area contributed by atoms with Crippen molar-refractivity contribution in [2.75, 3.05) is 13.7 Å². The monoisotopic (exact) mass is 262 g/mol. The number of aromatic nitrogens is 1. The standard InChI is InChI=1S/C16H26N2O/c1-13-6-8-14(9-7-13)10-11-17-12-15-4-3-5-16(18-15)19-2/h3-5,13-14,17H,6-12H2,1-2H3. The first-order valence-electron chi connectivity index (χ1n) is 7.48. The van der Waals surface area contributed by atoms with E-state index in [9.17, 15) is 0 Å². The highest BCUT2D eigenvalue weighted by molar-refractivity contribution is 5.15. The predicted octanol–water partition coefficient (Wildman–Crippen LogP) is 3.40. The molecular weight excluding hydrogens is 236 g/mol. The van der Waals surface area contributed by atoms with E-state index in [4.69, 9.17) is 4.74 Å². The Balaban J connectivity index is 1.63. The molecule has 0 aliphatic heterocycles. The van der Waals surface area contributed by atoms with Gasteiger partial charge in [-0.2, -0.15) is 0 Å². The quantitative estimate of drug-likeness (QED) is 0.798. The van der Waals surface area contributed by atoms with E-state index in [0.717, 1.165) is 30.6 Å². The predicted molar refractivity (Wildman–Crippen MR) is 78.2 cm³/mol. The number of methoxy groups -OCH3 is 1. The molecule has 3 nitrogen and oxygen atoms in total. The lowest BCUT2D eigenvalue weighted by atomic mass is 9.81. The number of nitrogens with one attached hydrogen (secondary N) is 1. The van der Waals surface area contributed by atoms with Gasteiger partial charge in [0, 0.05) is 12.6 Å². The van der Waals surface area contributed by atoms with E-state index in [1.54, 1.807) is 7.11 Å². The Labute approximate surface area is 116 Å². The van der Waals surface area contributed by atoms with Gasteiger partial charge >= 0.3 is 0 Å². The molecule has 0 unspecified atom stereocenters. The maximum absolute atomic E-state index is 5.13. The fourth-order valence-electron chi connectivity index (χ4n) is 2.81. The summed E-state index contributed by atoms with van der Waals surface area (Å²) in [5, 5.41) is 3.49. The molecule has 19 heavy (non-hydrogen) atoms. The Morgan fingerprint density at radius 3 is 2.79 bits per heavy atom. The molecule has 0 aromatic carbocycles. The molecule has 0 saturated heterocycles. The normalized spacial score (nSPS) is 23.3. The molecule has 1 aromatic heterocycles. The highest BCUT2D eigenvalue weighted by Crippen LogP contribution is 2.29. The van der Waals surface area contributed by atoms with Gasteiger partial charge in [0.05, 0.1) is 12.8 Å². The van der Waals surface area contributed by atoms with Crippen molar-refractivity contribution in [1.29, 1.82) is 0 Å². The van der Waals surface area contributed by atoms with Gasteiger partial charge in [0.1, 0.15) is 0 Å². The van der Waals surface area contributed by atoms with Crippen LogP contribution >= 0.6 is 0 Å². The summed E-state index contributed by atoms with van der Waals surface area (Å²) in [5.74, 6) is 2.58. The van der Waals surface area contributed by atoms with Crippen LogP contribution in [0.3, 0.4) is 0 Å². The van der Waals surface area contributed by atoms with Gasteiger partial charge in [-0.15, -0.1) is 0 Å². The third-order valence-electron chi connectivity index (χ3n) is 4.16. The molecule has 0 bridgehead atoms. The summed E-state index contributed by atoms with van der Waals surface area (Å²) in [6.45, 7) is 4.31. The molecule has 1 aliphatic rings. The van der Waals surface area contributed by atoms with Crippen LogP contribution in [0.25, 0.3) is 0 Å².